The second-order valence-corrected chi connectivity index (χ2v) is 6.61. The van der Waals surface area contributed by atoms with Gasteiger partial charge in [0.2, 0.25) is 0 Å². The summed E-state index contributed by atoms with van der Waals surface area (Å²) in [6.07, 6.45) is 3.67. The Bertz CT molecular complexity index is 541. The van der Waals surface area contributed by atoms with E-state index >= 15 is 0 Å². The molecule has 0 bridgehead atoms. The molecule has 0 unspecified atom stereocenters. The van der Waals surface area contributed by atoms with E-state index in [0.29, 0.717) is 0 Å². The van der Waals surface area contributed by atoms with Crippen molar-refractivity contribution in [3.8, 4) is 0 Å². The molecule has 0 amide bonds. The van der Waals surface area contributed by atoms with Gasteiger partial charge < -0.3 is 5.32 Å². The zero-order valence-electron chi connectivity index (χ0n) is 11.6. The van der Waals surface area contributed by atoms with Crippen molar-refractivity contribution in [2.24, 2.45) is 0 Å². The van der Waals surface area contributed by atoms with Crippen LogP contribution in [0.15, 0.2) is 47.2 Å². The number of hydrogen-bond acceptors (Lipinski definition) is 2. The van der Waals surface area contributed by atoms with E-state index in [2.05, 4.69) is 77.3 Å². The molecular weight excluding hydrogens is 300 g/mol. The van der Waals surface area contributed by atoms with Crippen molar-refractivity contribution in [1.29, 1.82) is 0 Å². The van der Waals surface area contributed by atoms with E-state index in [9.17, 15) is 0 Å². The number of anilines is 1. The maximum atomic E-state index is 4.16. The van der Waals surface area contributed by atoms with Crippen LogP contribution in [0, 0.1) is 0 Å². The lowest BCUT2D eigenvalue weighted by atomic mass is 9.87. The van der Waals surface area contributed by atoms with Gasteiger partial charge >= 0.3 is 0 Å². The van der Waals surface area contributed by atoms with Crippen molar-refractivity contribution in [3.05, 3.63) is 58.3 Å². The molecule has 0 spiro atoms. The lowest BCUT2D eigenvalue weighted by Crippen LogP contribution is -2.10. The number of pyridine rings is 1. The largest absolute Gasteiger partial charge is 0.381 e. The van der Waals surface area contributed by atoms with Gasteiger partial charge in [-0.1, -0.05) is 32.9 Å². The first-order valence-corrected chi connectivity index (χ1v) is 7.18. The Kier molecular flexibility index (Phi) is 4.25. The van der Waals surface area contributed by atoms with Crippen molar-refractivity contribution in [2.45, 2.75) is 32.7 Å². The summed E-state index contributed by atoms with van der Waals surface area (Å²) >= 11 is 3.43. The first kappa shape index (κ1) is 14.1. The van der Waals surface area contributed by atoms with Crippen LogP contribution in [0.4, 0.5) is 5.69 Å². The highest BCUT2D eigenvalue weighted by molar-refractivity contribution is 9.10. The van der Waals surface area contributed by atoms with Gasteiger partial charge in [-0.2, -0.15) is 0 Å². The lowest BCUT2D eigenvalue weighted by molar-refractivity contribution is 0.590. The van der Waals surface area contributed by atoms with Crippen molar-refractivity contribution < 1.29 is 0 Å². The average molecular weight is 319 g/mol. The van der Waals surface area contributed by atoms with E-state index in [-0.39, 0.29) is 5.41 Å². The second kappa shape index (κ2) is 5.74. The summed E-state index contributed by atoms with van der Waals surface area (Å²) in [7, 11) is 0. The molecule has 0 aliphatic heterocycles. The van der Waals surface area contributed by atoms with Crippen LogP contribution in [0.25, 0.3) is 0 Å². The molecule has 19 heavy (non-hydrogen) atoms. The fourth-order valence-corrected chi connectivity index (χ4v) is 2.26. The van der Waals surface area contributed by atoms with Crippen molar-refractivity contribution >= 4 is 21.6 Å². The normalized spacial score (nSPS) is 11.4. The Morgan fingerprint density at radius 3 is 2.37 bits per heavy atom. The molecule has 1 aromatic heterocycles. The van der Waals surface area contributed by atoms with Crippen molar-refractivity contribution in [2.75, 3.05) is 5.32 Å². The molecule has 0 aliphatic rings. The minimum absolute atomic E-state index is 0.201. The van der Waals surface area contributed by atoms with Gasteiger partial charge in [0, 0.05) is 29.1 Å². The molecule has 0 saturated heterocycles. The fraction of sp³-hybridized carbons (Fsp3) is 0.312. The van der Waals surface area contributed by atoms with Crippen LogP contribution in [0.5, 0.6) is 0 Å². The summed E-state index contributed by atoms with van der Waals surface area (Å²) in [6, 6.07) is 10.7. The summed E-state index contributed by atoms with van der Waals surface area (Å²) in [5.74, 6) is 0. The third-order valence-electron chi connectivity index (χ3n) is 3.01. The number of nitrogens with zero attached hydrogens (tertiary/aromatic N) is 1. The zero-order chi connectivity index (χ0) is 13.9. The van der Waals surface area contributed by atoms with Gasteiger partial charge in [0.05, 0.1) is 0 Å². The zero-order valence-corrected chi connectivity index (χ0v) is 13.2. The third-order valence-corrected chi connectivity index (χ3v) is 3.44. The quantitative estimate of drug-likeness (QED) is 0.883. The van der Waals surface area contributed by atoms with E-state index in [4.69, 9.17) is 0 Å². The van der Waals surface area contributed by atoms with Gasteiger partial charge in [-0.25, -0.2) is 0 Å². The summed E-state index contributed by atoms with van der Waals surface area (Å²) < 4.78 is 1.01. The smallest absolute Gasteiger partial charge is 0.0416 e. The highest BCUT2D eigenvalue weighted by Crippen LogP contribution is 2.23. The average Bonchev–Trinajstić information content (AvgIpc) is 2.36. The fourth-order valence-electron chi connectivity index (χ4n) is 1.84. The number of aromatic nitrogens is 1. The highest BCUT2D eigenvalue weighted by Gasteiger charge is 2.12. The predicted octanol–water partition coefficient (Wildman–Crippen LogP) is 4.75. The van der Waals surface area contributed by atoms with Gasteiger partial charge in [0.25, 0.3) is 0 Å². The minimum Gasteiger partial charge on any atom is -0.381 e. The Labute approximate surface area is 123 Å². The molecule has 0 saturated carbocycles. The van der Waals surface area contributed by atoms with Crippen molar-refractivity contribution in [1.82, 2.24) is 4.98 Å². The van der Waals surface area contributed by atoms with E-state index in [1.807, 2.05) is 6.20 Å². The van der Waals surface area contributed by atoms with Gasteiger partial charge in [-0.15, -0.1) is 0 Å². The van der Waals surface area contributed by atoms with Crippen LogP contribution in [0.3, 0.4) is 0 Å². The molecule has 2 aromatic rings. The minimum atomic E-state index is 0.201. The SMILES string of the molecule is CC(C)(C)c1ccc(NCc2cncc(Br)c2)cc1. The van der Waals surface area contributed by atoms with Gasteiger partial charge in [0.1, 0.15) is 0 Å². The molecule has 1 N–H and O–H groups in total. The molecule has 1 heterocycles. The molecule has 1 aromatic carbocycles. The molecule has 2 nitrogen and oxygen atoms in total. The summed E-state index contributed by atoms with van der Waals surface area (Å²) in [5, 5.41) is 3.41. The van der Waals surface area contributed by atoms with Crippen LogP contribution >= 0.6 is 15.9 Å². The molecule has 2 rings (SSSR count). The lowest BCUT2D eigenvalue weighted by Gasteiger charge is -2.19. The molecule has 100 valence electrons. The van der Waals surface area contributed by atoms with Gasteiger partial charge in [0.15, 0.2) is 0 Å². The topological polar surface area (TPSA) is 24.9 Å². The molecule has 3 heteroatoms. The van der Waals surface area contributed by atoms with E-state index in [0.717, 1.165) is 22.3 Å². The Hall–Kier alpha value is -1.35. The molecular formula is C16H19BrN2. The van der Waals surface area contributed by atoms with Crippen molar-refractivity contribution in [3.63, 3.8) is 0 Å². The van der Waals surface area contributed by atoms with Crippen LogP contribution in [-0.4, -0.2) is 4.98 Å². The standard InChI is InChI=1S/C16H19BrN2/c1-16(2,3)13-4-6-15(7-5-13)19-10-12-8-14(17)11-18-9-12/h4-9,11,19H,10H2,1-3H3. The Morgan fingerprint density at radius 2 is 1.79 bits per heavy atom. The Morgan fingerprint density at radius 1 is 1.11 bits per heavy atom. The maximum absolute atomic E-state index is 4.16. The molecule has 0 fully saturated rings. The van der Waals surface area contributed by atoms with Gasteiger partial charge in [-0.05, 0) is 50.7 Å². The van der Waals surface area contributed by atoms with Crippen LogP contribution in [0.1, 0.15) is 31.9 Å². The summed E-state index contributed by atoms with van der Waals surface area (Å²) in [6.45, 7) is 7.45. The monoisotopic (exact) mass is 318 g/mol. The number of benzene rings is 1. The number of halogens is 1. The third kappa shape index (κ3) is 4.06. The summed E-state index contributed by atoms with van der Waals surface area (Å²) in [5.41, 5.74) is 3.84. The van der Waals surface area contributed by atoms with Crippen LogP contribution in [0.2, 0.25) is 0 Å². The number of nitrogens with one attached hydrogen (secondary N) is 1. The van der Waals surface area contributed by atoms with E-state index in [1.54, 1.807) is 6.20 Å². The molecule has 0 radical (unpaired) electrons. The van der Waals surface area contributed by atoms with E-state index < -0.39 is 0 Å². The summed E-state index contributed by atoms with van der Waals surface area (Å²) in [4.78, 5) is 4.16. The van der Waals surface area contributed by atoms with Gasteiger partial charge in [-0.3, -0.25) is 4.98 Å². The van der Waals surface area contributed by atoms with Crippen LogP contribution < -0.4 is 5.32 Å². The second-order valence-electron chi connectivity index (χ2n) is 5.69. The highest BCUT2D eigenvalue weighted by atomic mass is 79.9. The number of hydrogen-bond donors (Lipinski definition) is 1. The Balaban J connectivity index is 2.01. The first-order valence-electron chi connectivity index (χ1n) is 6.39. The van der Waals surface area contributed by atoms with Crippen LogP contribution in [-0.2, 0) is 12.0 Å². The maximum Gasteiger partial charge on any atom is 0.0416 e. The molecule has 0 aliphatic carbocycles. The van der Waals surface area contributed by atoms with E-state index in [1.165, 1.54) is 5.56 Å². The number of rotatable bonds is 3. The molecule has 0 atom stereocenters. The first-order chi connectivity index (χ1) is 8.95. The predicted molar refractivity (Wildman–Crippen MR) is 84.4 cm³/mol.